The maximum atomic E-state index is 5.28. The molecule has 0 saturated carbocycles. The van der Waals surface area contributed by atoms with Gasteiger partial charge in [-0.05, 0) is 25.2 Å². The zero-order valence-corrected chi connectivity index (χ0v) is 11.1. The quantitative estimate of drug-likeness (QED) is 0.849. The molecule has 0 saturated heterocycles. The lowest BCUT2D eigenvalue weighted by Crippen LogP contribution is -2.16. The SMILES string of the molecule is CC(C)c1n[nH]c(=S)n1C(C)Cn1cccn1. The first kappa shape index (κ1) is 12.0. The van der Waals surface area contributed by atoms with Gasteiger partial charge in [-0.15, -0.1) is 0 Å². The summed E-state index contributed by atoms with van der Waals surface area (Å²) in [6, 6.07) is 2.16. The fourth-order valence-electron chi connectivity index (χ4n) is 1.91. The molecule has 2 heterocycles. The molecule has 0 aliphatic rings. The molecule has 0 spiro atoms. The number of nitrogens with one attached hydrogen (secondary N) is 1. The molecular formula is C11H17N5S. The van der Waals surface area contributed by atoms with Crippen LogP contribution in [-0.4, -0.2) is 24.5 Å². The number of H-pyrrole nitrogens is 1. The van der Waals surface area contributed by atoms with E-state index in [1.54, 1.807) is 6.20 Å². The summed E-state index contributed by atoms with van der Waals surface area (Å²) in [7, 11) is 0. The highest BCUT2D eigenvalue weighted by Crippen LogP contribution is 2.18. The summed E-state index contributed by atoms with van der Waals surface area (Å²) in [5, 5.41) is 11.4. The average Bonchev–Trinajstić information content (AvgIpc) is 2.86. The van der Waals surface area contributed by atoms with E-state index in [2.05, 4.69) is 40.6 Å². The van der Waals surface area contributed by atoms with Crippen LogP contribution in [-0.2, 0) is 6.54 Å². The van der Waals surface area contributed by atoms with Crippen LogP contribution < -0.4 is 0 Å². The number of aromatic nitrogens is 5. The van der Waals surface area contributed by atoms with Gasteiger partial charge in [0.15, 0.2) is 4.77 Å². The Hall–Kier alpha value is -1.43. The minimum Gasteiger partial charge on any atom is -0.299 e. The molecule has 0 bridgehead atoms. The maximum Gasteiger partial charge on any atom is 0.195 e. The zero-order chi connectivity index (χ0) is 12.4. The Labute approximate surface area is 105 Å². The van der Waals surface area contributed by atoms with Crippen molar-refractivity contribution in [3.63, 3.8) is 0 Å². The monoisotopic (exact) mass is 251 g/mol. The predicted octanol–water partition coefficient (Wildman–Crippen LogP) is 2.52. The van der Waals surface area contributed by atoms with Crippen molar-refractivity contribution in [1.29, 1.82) is 0 Å². The molecule has 1 N–H and O–H groups in total. The van der Waals surface area contributed by atoms with Crippen LogP contribution in [0.3, 0.4) is 0 Å². The Morgan fingerprint density at radius 3 is 2.76 bits per heavy atom. The molecule has 2 aromatic rings. The van der Waals surface area contributed by atoms with E-state index in [0.717, 1.165) is 12.4 Å². The lowest BCUT2D eigenvalue weighted by atomic mass is 10.2. The van der Waals surface area contributed by atoms with E-state index in [-0.39, 0.29) is 6.04 Å². The van der Waals surface area contributed by atoms with Gasteiger partial charge in [0.05, 0.1) is 12.6 Å². The van der Waals surface area contributed by atoms with Crippen molar-refractivity contribution in [2.24, 2.45) is 0 Å². The predicted molar refractivity (Wildman–Crippen MR) is 68.4 cm³/mol. The minimum absolute atomic E-state index is 0.235. The van der Waals surface area contributed by atoms with Gasteiger partial charge in [-0.25, -0.2) is 0 Å². The molecule has 2 aromatic heterocycles. The normalized spacial score (nSPS) is 13.2. The zero-order valence-electron chi connectivity index (χ0n) is 10.3. The third-order valence-corrected chi connectivity index (χ3v) is 2.99. The van der Waals surface area contributed by atoms with Gasteiger partial charge in [0.2, 0.25) is 0 Å². The smallest absolute Gasteiger partial charge is 0.195 e. The van der Waals surface area contributed by atoms with E-state index in [0.29, 0.717) is 10.7 Å². The fraction of sp³-hybridized carbons (Fsp3) is 0.545. The summed E-state index contributed by atoms with van der Waals surface area (Å²) in [6.45, 7) is 7.14. The molecule has 92 valence electrons. The summed E-state index contributed by atoms with van der Waals surface area (Å²) >= 11 is 5.28. The van der Waals surface area contributed by atoms with E-state index in [1.807, 2.05) is 16.9 Å². The van der Waals surface area contributed by atoms with Crippen molar-refractivity contribution in [3.05, 3.63) is 29.1 Å². The van der Waals surface area contributed by atoms with E-state index in [1.165, 1.54) is 0 Å². The Balaban J connectivity index is 2.27. The summed E-state index contributed by atoms with van der Waals surface area (Å²) in [6.07, 6.45) is 3.74. The molecule has 0 aliphatic heterocycles. The van der Waals surface area contributed by atoms with E-state index < -0.39 is 0 Å². The Bertz CT molecular complexity index is 522. The first-order valence-corrected chi connectivity index (χ1v) is 6.14. The molecule has 0 aromatic carbocycles. The molecule has 0 radical (unpaired) electrons. The number of hydrogen-bond acceptors (Lipinski definition) is 3. The van der Waals surface area contributed by atoms with Crippen LogP contribution >= 0.6 is 12.2 Å². The molecule has 0 aliphatic carbocycles. The van der Waals surface area contributed by atoms with Crippen molar-refractivity contribution in [2.45, 2.75) is 39.3 Å². The molecule has 0 amide bonds. The molecule has 1 unspecified atom stereocenters. The Kier molecular flexibility index (Phi) is 3.42. The van der Waals surface area contributed by atoms with Crippen LogP contribution in [0.4, 0.5) is 0 Å². The molecule has 2 rings (SSSR count). The standard InChI is InChI=1S/C11H17N5S/c1-8(2)10-13-14-11(17)16(10)9(3)7-15-6-4-5-12-15/h4-6,8-9H,7H2,1-3H3,(H,14,17). The Morgan fingerprint density at radius 1 is 1.41 bits per heavy atom. The number of aromatic amines is 1. The molecule has 5 nitrogen and oxygen atoms in total. The second kappa shape index (κ2) is 4.83. The highest BCUT2D eigenvalue weighted by Gasteiger charge is 2.15. The lowest BCUT2D eigenvalue weighted by Gasteiger charge is -2.17. The minimum atomic E-state index is 0.235. The van der Waals surface area contributed by atoms with Gasteiger partial charge in [0, 0.05) is 18.3 Å². The first-order chi connectivity index (χ1) is 8.09. The largest absolute Gasteiger partial charge is 0.299 e. The topological polar surface area (TPSA) is 51.4 Å². The molecular weight excluding hydrogens is 234 g/mol. The average molecular weight is 251 g/mol. The van der Waals surface area contributed by atoms with Crippen LogP contribution in [0.25, 0.3) is 0 Å². The van der Waals surface area contributed by atoms with Gasteiger partial charge in [0.25, 0.3) is 0 Å². The first-order valence-electron chi connectivity index (χ1n) is 5.74. The molecule has 6 heteroatoms. The summed E-state index contributed by atoms with van der Waals surface area (Å²) in [5.41, 5.74) is 0. The summed E-state index contributed by atoms with van der Waals surface area (Å²) in [4.78, 5) is 0. The van der Waals surface area contributed by atoms with E-state index >= 15 is 0 Å². The number of hydrogen-bond donors (Lipinski definition) is 1. The van der Waals surface area contributed by atoms with E-state index in [4.69, 9.17) is 12.2 Å². The molecule has 0 fully saturated rings. The summed E-state index contributed by atoms with van der Waals surface area (Å²) < 4.78 is 4.65. The van der Waals surface area contributed by atoms with Crippen LogP contribution in [0.15, 0.2) is 18.5 Å². The third-order valence-electron chi connectivity index (χ3n) is 2.70. The van der Waals surface area contributed by atoms with Gasteiger partial charge in [0.1, 0.15) is 5.82 Å². The molecule has 17 heavy (non-hydrogen) atoms. The second-order valence-electron chi connectivity index (χ2n) is 4.49. The van der Waals surface area contributed by atoms with Crippen molar-refractivity contribution < 1.29 is 0 Å². The van der Waals surface area contributed by atoms with Crippen molar-refractivity contribution in [1.82, 2.24) is 24.5 Å². The van der Waals surface area contributed by atoms with Gasteiger partial charge in [-0.1, -0.05) is 13.8 Å². The van der Waals surface area contributed by atoms with Crippen molar-refractivity contribution in [2.75, 3.05) is 0 Å². The van der Waals surface area contributed by atoms with Gasteiger partial charge in [-0.2, -0.15) is 10.2 Å². The van der Waals surface area contributed by atoms with Crippen LogP contribution in [0, 0.1) is 4.77 Å². The third kappa shape index (κ3) is 2.46. The van der Waals surface area contributed by atoms with Crippen LogP contribution in [0.1, 0.15) is 38.6 Å². The van der Waals surface area contributed by atoms with E-state index in [9.17, 15) is 0 Å². The highest BCUT2D eigenvalue weighted by molar-refractivity contribution is 7.71. The van der Waals surface area contributed by atoms with Crippen LogP contribution in [0.5, 0.6) is 0 Å². The summed E-state index contributed by atoms with van der Waals surface area (Å²) in [5.74, 6) is 1.35. The number of nitrogens with zero attached hydrogens (tertiary/aromatic N) is 4. The van der Waals surface area contributed by atoms with Gasteiger partial charge < -0.3 is 0 Å². The van der Waals surface area contributed by atoms with Gasteiger partial charge in [-0.3, -0.25) is 14.3 Å². The highest BCUT2D eigenvalue weighted by atomic mass is 32.1. The van der Waals surface area contributed by atoms with Crippen molar-refractivity contribution >= 4 is 12.2 Å². The van der Waals surface area contributed by atoms with Crippen molar-refractivity contribution in [3.8, 4) is 0 Å². The van der Waals surface area contributed by atoms with Crippen LogP contribution in [0.2, 0.25) is 0 Å². The lowest BCUT2D eigenvalue weighted by molar-refractivity contribution is 0.417. The van der Waals surface area contributed by atoms with Gasteiger partial charge >= 0.3 is 0 Å². The Morgan fingerprint density at radius 2 is 2.18 bits per heavy atom. The molecule has 1 atom stereocenters. The number of rotatable bonds is 4. The fourth-order valence-corrected chi connectivity index (χ4v) is 2.23. The second-order valence-corrected chi connectivity index (χ2v) is 4.88. The maximum absolute atomic E-state index is 5.28.